The van der Waals surface area contributed by atoms with Gasteiger partial charge in [-0.15, -0.1) is 17.0 Å². The Bertz CT molecular complexity index is 848. The van der Waals surface area contributed by atoms with E-state index >= 15 is 0 Å². The highest BCUT2D eigenvalue weighted by molar-refractivity contribution is 8.93. The number of thioether (sulfide) groups is 1. The number of rotatable bonds is 5. The number of carbonyl (C=O) groups excluding carboxylic acids is 1. The van der Waals surface area contributed by atoms with Gasteiger partial charge in [-0.2, -0.15) is 0 Å². The van der Waals surface area contributed by atoms with Crippen LogP contribution in [0, 0.1) is 0 Å². The molecule has 0 N–H and O–H groups in total. The molecular weight excluding hydrogens is 398 g/mol. The Morgan fingerprint density at radius 3 is 2.40 bits per heavy atom. The lowest BCUT2D eigenvalue weighted by atomic mass is 10.2. The summed E-state index contributed by atoms with van der Waals surface area (Å²) in [6, 6.07) is 17.9. The van der Waals surface area contributed by atoms with E-state index in [1.165, 1.54) is 11.8 Å². The van der Waals surface area contributed by atoms with Gasteiger partial charge in [0.25, 0.3) is 0 Å². The highest BCUT2D eigenvalue weighted by Gasteiger charge is 2.20. The second-order valence-electron chi connectivity index (χ2n) is 5.92. The number of benzene rings is 2. The van der Waals surface area contributed by atoms with Gasteiger partial charge < -0.3 is 9.47 Å². The van der Waals surface area contributed by atoms with Crippen molar-refractivity contribution in [2.45, 2.75) is 25.0 Å². The number of hydrogen-bond donors (Lipinski definition) is 0. The highest BCUT2D eigenvalue weighted by Crippen LogP contribution is 2.24. The number of imidazole rings is 1. The summed E-state index contributed by atoms with van der Waals surface area (Å²) in [5.41, 5.74) is 2.97. The van der Waals surface area contributed by atoms with Crippen molar-refractivity contribution >= 4 is 51.4 Å². The molecule has 0 aliphatic rings. The third-order valence-corrected chi connectivity index (χ3v) is 4.90. The summed E-state index contributed by atoms with van der Waals surface area (Å²) in [6.45, 7) is 4.06. The van der Waals surface area contributed by atoms with Crippen LogP contribution in [0.25, 0.3) is 11.0 Å². The van der Waals surface area contributed by atoms with Crippen molar-refractivity contribution in [1.82, 2.24) is 9.55 Å². The van der Waals surface area contributed by atoms with Crippen molar-refractivity contribution in [3.05, 3.63) is 54.6 Å². The first kappa shape index (κ1) is 19.5. The fourth-order valence-corrected chi connectivity index (χ4v) is 3.61. The number of anilines is 1. The van der Waals surface area contributed by atoms with Crippen LogP contribution in [-0.4, -0.2) is 27.3 Å². The van der Waals surface area contributed by atoms with Gasteiger partial charge >= 0.3 is 0 Å². The lowest BCUT2D eigenvalue weighted by Gasteiger charge is -2.26. The number of hydrogen-bond acceptors (Lipinski definition) is 3. The Hall–Kier alpha value is -1.79. The van der Waals surface area contributed by atoms with Crippen molar-refractivity contribution in [2.24, 2.45) is 7.05 Å². The summed E-state index contributed by atoms with van der Waals surface area (Å²) in [7, 11) is 1.99. The van der Waals surface area contributed by atoms with Crippen molar-refractivity contribution in [1.29, 1.82) is 0 Å². The Balaban J connectivity index is 0.00000225. The molecule has 0 saturated heterocycles. The van der Waals surface area contributed by atoms with Gasteiger partial charge in [0.1, 0.15) is 0 Å². The number of fused-ring (bicyclic) bond motifs is 1. The Labute approximate surface area is 163 Å². The molecule has 0 aliphatic heterocycles. The minimum absolute atomic E-state index is 0. The molecule has 6 heteroatoms. The first-order valence-electron chi connectivity index (χ1n) is 7.99. The number of carbonyl (C=O) groups is 1. The van der Waals surface area contributed by atoms with Crippen molar-refractivity contribution in [2.75, 3.05) is 10.7 Å². The van der Waals surface area contributed by atoms with E-state index in [-0.39, 0.29) is 28.9 Å². The first-order valence-corrected chi connectivity index (χ1v) is 8.98. The normalized spacial score (nSPS) is 10.7. The van der Waals surface area contributed by atoms with E-state index in [4.69, 9.17) is 0 Å². The number of halogens is 1. The van der Waals surface area contributed by atoms with E-state index in [0.717, 1.165) is 21.9 Å². The Kier molecular flexibility index (Phi) is 6.67. The van der Waals surface area contributed by atoms with Gasteiger partial charge in [-0.25, -0.2) is 4.98 Å². The quantitative estimate of drug-likeness (QED) is 0.563. The second-order valence-corrected chi connectivity index (χ2v) is 6.87. The smallest absolute Gasteiger partial charge is 0.237 e. The summed E-state index contributed by atoms with van der Waals surface area (Å²) < 4.78 is 2.04. The van der Waals surface area contributed by atoms with E-state index in [1.807, 2.05) is 85.0 Å². The van der Waals surface area contributed by atoms with Gasteiger partial charge in [-0.1, -0.05) is 42.1 Å². The molecule has 0 fully saturated rings. The number of nitrogens with zero attached hydrogens (tertiary/aromatic N) is 3. The van der Waals surface area contributed by atoms with Crippen LogP contribution < -0.4 is 4.90 Å². The van der Waals surface area contributed by atoms with Gasteiger partial charge in [0.15, 0.2) is 5.16 Å². The minimum atomic E-state index is 0. The lowest BCUT2D eigenvalue weighted by Crippen LogP contribution is -2.38. The molecule has 3 aromatic rings. The topological polar surface area (TPSA) is 38.1 Å². The standard InChI is InChI=1S/C19H21N3OS.BrH/c1-14(2)22(15-9-5-4-6-10-15)18(23)13-24-19-20-16-11-7-8-12-17(16)21(19)3;/h4-12,14H,13H2,1-3H3;1H. The predicted octanol–water partition coefficient (Wildman–Crippen LogP) is 4.68. The second kappa shape index (κ2) is 8.54. The zero-order valence-corrected chi connectivity index (χ0v) is 17.1. The molecule has 4 nitrogen and oxygen atoms in total. The van der Waals surface area contributed by atoms with Crippen LogP contribution in [0.2, 0.25) is 0 Å². The summed E-state index contributed by atoms with van der Waals surface area (Å²) in [5, 5.41) is 0.862. The third kappa shape index (κ3) is 4.25. The van der Waals surface area contributed by atoms with Gasteiger partial charge in [0.2, 0.25) is 5.91 Å². The van der Waals surface area contributed by atoms with Gasteiger partial charge in [0, 0.05) is 18.8 Å². The summed E-state index contributed by atoms with van der Waals surface area (Å²) in [5.74, 6) is 0.456. The van der Waals surface area contributed by atoms with Crippen molar-refractivity contribution in [3.63, 3.8) is 0 Å². The molecule has 1 aromatic heterocycles. The van der Waals surface area contributed by atoms with Gasteiger partial charge in [0.05, 0.1) is 16.8 Å². The van der Waals surface area contributed by atoms with E-state index < -0.39 is 0 Å². The maximum absolute atomic E-state index is 12.8. The van der Waals surface area contributed by atoms with Crippen LogP contribution in [0.4, 0.5) is 5.69 Å². The van der Waals surface area contributed by atoms with Crippen LogP contribution in [0.5, 0.6) is 0 Å². The SMILES string of the molecule is Br.CC(C)N(C(=O)CSc1nc2ccccc2n1C)c1ccccc1. The highest BCUT2D eigenvalue weighted by atomic mass is 79.9. The number of aryl methyl sites for hydroxylation is 1. The molecule has 0 radical (unpaired) electrons. The maximum Gasteiger partial charge on any atom is 0.237 e. The molecule has 2 aromatic carbocycles. The largest absolute Gasteiger partial charge is 0.322 e. The predicted molar refractivity (Wildman–Crippen MR) is 111 cm³/mol. The van der Waals surface area contributed by atoms with Crippen molar-refractivity contribution < 1.29 is 4.79 Å². The van der Waals surface area contributed by atoms with Crippen LogP contribution in [0.15, 0.2) is 59.8 Å². The zero-order chi connectivity index (χ0) is 17.1. The minimum Gasteiger partial charge on any atom is -0.322 e. The van der Waals surface area contributed by atoms with Crippen LogP contribution in [0.3, 0.4) is 0 Å². The van der Waals surface area contributed by atoms with Crippen LogP contribution >= 0.6 is 28.7 Å². The maximum atomic E-state index is 12.8. The Morgan fingerprint density at radius 2 is 1.76 bits per heavy atom. The molecule has 1 heterocycles. The fourth-order valence-electron chi connectivity index (χ4n) is 2.77. The number of amides is 1. The summed E-state index contributed by atoms with van der Waals surface area (Å²) >= 11 is 1.48. The molecule has 0 atom stereocenters. The number of para-hydroxylation sites is 3. The molecule has 1 amide bonds. The fraction of sp³-hybridized carbons (Fsp3) is 0.263. The average molecular weight is 420 g/mol. The molecule has 0 spiro atoms. The zero-order valence-electron chi connectivity index (χ0n) is 14.5. The van der Waals surface area contributed by atoms with Crippen molar-refractivity contribution in [3.8, 4) is 0 Å². The summed E-state index contributed by atoms with van der Waals surface area (Å²) in [4.78, 5) is 19.2. The molecule has 0 aliphatic carbocycles. The monoisotopic (exact) mass is 419 g/mol. The molecule has 25 heavy (non-hydrogen) atoms. The van der Waals surface area contributed by atoms with E-state index in [1.54, 1.807) is 0 Å². The third-order valence-electron chi connectivity index (χ3n) is 3.89. The molecule has 0 bridgehead atoms. The van der Waals surface area contributed by atoms with E-state index in [9.17, 15) is 4.79 Å². The lowest BCUT2D eigenvalue weighted by molar-refractivity contribution is -0.116. The van der Waals surface area contributed by atoms with E-state index in [2.05, 4.69) is 4.98 Å². The first-order chi connectivity index (χ1) is 11.6. The van der Waals surface area contributed by atoms with E-state index in [0.29, 0.717) is 5.75 Å². The molecule has 3 rings (SSSR count). The molecule has 0 unspecified atom stereocenters. The molecule has 0 saturated carbocycles. The summed E-state index contributed by atoms with van der Waals surface area (Å²) in [6.07, 6.45) is 0. The molecule has 132 valence electrons. The van der Waals surface area contributed by atoms with Crippen LogP contribution in [-0.2, 0) is 11.8 Å². The molecular formula is C19H22BrN3OS. The van der Waals surface area contributed by atoms with Gasteiger partial charge in [-0.05, 0) is 38.1 Å². The number of aromatic nitrogens is 2. The van der Waals surface area contributed by atoms with Gasteiger partial charge in [-0.3, -0.25) is 4.79 Å². The Morgan fingerprint density at radius 1 is 1.12 bits per heavy atom. The van der Waals surface area contributed by atoms with Crippen LogP contribution in [0.1, 0.15) is 13.8 Å². The average Bonchev–Trinajstić information content (AvgIpc) is 2.90.